The van der Waals surface area contributed by atoms with Crippen molar-refractivity contribution < 1.29 is 28.7 Å². The van der Waals surface area contributed by atoms with Gasteiger partial charge in [-0.05, 0) is 55.0 Å². The molecular weight excluding hydrogens is 388 g/mol. The van der Waals surface area contributed by atoms with E-state index in [-0.39, 0.29) is 5.91 Å². The van der Waals surface area contributed by atoms with E-state index in [9.17, 15) is 19.2 Å². The van der Waals surface area contributed by atoms with Crippen LogP contribution in [0.15, 0.2) is 54.6 Å². The summed E-state index contributed by atoms with van der Waals surface area (Å²) >= 11 is 0. The Labute approximate surface area is 173 Å². The lowest BCUT2D eigenvalue weighted by atomic mass is 10.1. The van der Waals surface area contributed by atoms with Gasteiger partial charge in [-0.3, -0.25) is 9.59 Å². The maximum Gasteiger partial charge on any atom is 0.337 e. The highest BCUT2D eigenvalue weighted by atomic mass is 16.5. The summed E-state index contributed by atoms with van der Waals surface area (Å²) in [6.45, 7) is 2.86. The minimum absolute atomic E-state index is 0.195. The number of methoxy groups -OCH3 is 1. The topological polar surface area (TPSA) is 111 Å². The van der Waals surface area contributed by atoms with Crippen molar-refractivity contribution >= 4 is 41.2 Å². The molecule has 1 atom stereocenters. The van der Waals surface area contributed by atoms with Crippen LogP contribution < -0.4 is 10.6 Å². The average Bonchev–Trinajstić information content (AvgIpc) is 2.73. The van der Waals surface area contributed by atoms with E-state index in [0.29, 0.717) is 22.5 Å². The molecule has 2 aromatic carbocycles. The Balaban J connectivity index is 1.86. The summed E-state index contributed by atoms with van der Waals surface area (Å²) in [7, 11) is 1.30. The van der Waals surface area contributed by atoms with Crippen molar-refractivity contribution in [2.45, 2.75) is 20.0 Å². The minimum Gasteiger partial charge on any atom is -0.465 e. The van der Waals surface area contributed by atoms with E-state index >= 15 is 0 Å². The van der Waals surface area contributed by atoms with Crippen molar-refractivity contribution in [1.29, 1.82) is 0 Å². The number of ether oxygens (including phenoxy) is 2. The zero-order valence-corrected chi connectivity index (χ0v) is 16.8. The second-order valence-electron chi connectivity index (χ2n) is 6.27. The largest absolute Gasteiger partial charge is 0.465 e. The van der Waals surface area contributed by atoms with Gasteiger partial charge in [-0.25, -0.2) is 9.59 Å². The van der Waals surface area contributed by atoms with Crippen molar-refractivity contribution in [3.05, 3.63) is 65.7 Å². The van der Waals surface area contributed by atoms with Crippen LogP contribution in [0.2, 0.25) is 0 Å². The van der Waals surface area contributed by atoms with E-state index in [4.69, 9.17) is 4.74 Å². The van der Waals surface area contributed by atoms with E-state index in [0.717, 1.165) is 0 Å². The molecule has 0 radical (unpaired) electrons. The summed E-state index contributed by atoms with van der Waals surface area (Å²) in [5.74, 6) is -1.82. The Morgan fingerprint density at radius 3 is 2.00 bits per heavy atom. The van der Waals surface area contributed by atoms with Gasteiger partial charge in [0.1, 0.15) is 0 Å². The molecule has 0 aliphatic carbocycles. The van der Waals surface area contributed by atoms with Crippen molar-refractivity contribution in [1.82, 2.24) is 0 Å². The SMILES string of the molecule is COC(=O)c1ccc(/C=C/C(=O)O[C@H](C)C(=O)Nc2ccc(NC(C)=O)cc2)cc1. The van der Waals surface area contributed by atoms with Crippen LogP contribution in [-0.2, 0) is 23.9 Å². The van der Waals surface area contributed by atoms with E-state index in [1.165, 1.54) is 33.1 Å². The number of anilines is 2. The van der Waals surface area contributed by atoms with Crippen LogP contribution in [0, 0.1) is 0 Å². The molecule has 0 fully saturated rings. The van der Waals surface area contributed by atoms with Crippen molar-refractivity contribution in [3.8, 4) is 0 Å². The fourth-order valence-electron chi connectivity index (χ4n) is 2.36. The molecule has 0 saturated carbocycles. The van der Waals surface area contributed by atoms with Crippen molar-refractivity contribution in [2.75, 3.05) is 17.7 Å². The normalized spacial score (nSPS) is 11.4. The van der Waals surface area contributed by atoms with Gasteiger partial charge in [-0.2, -0.15) is 0 Å². The van der Waals surface area contributed by atoms with Gasteiger partial charge >= 0.3 is 11.9 Å². The van der Waals surface area contributed by atoms with Gasteiger partial charge < -0.3 is 20.1 Å². The lowest BCUT2D eigenvalue weighted by Crippen LogP contribution is -2.29. The summed E-state index contributed by atoms with van der Waals surface area (Å²) in [5.41, 5.74) is 2.17. The Bertz CT molecular complexity index is 949. The van der Waals surface area contributed by atoms with Gasteiger partial charge in [0.15, 0.2) is 6.10 Å². The van der Waals surface area contributed by atoms with Gasteiger partial charge in [-0.1, -0.05) is 12.1 Å². The summed E-state index contributed by atoms with van der Waals surface area (Å²) in [6, 6.07) is 13.0. The predicted molar refractivity (Wildman–Crippen MR) is 112 cm³/mol. The van der Waals surface area contributed by atoms with Crippen LogP contribution in [-0.4, -0.2) is 37.0 Å². The predicted octanol–water partition coefficient (Wildman–Crippen LogP) is 3.02. The first kappa shape index (κ1) is 22.4. The first-order valence-corrected chi connectivity index (χ1v) is 9.04. The van der Waals surface area contributed by atoms with E-state index in [2.05, 4.69) is 15.4 Å². The molecule has 8 nitrogen and oxygen atoms in total. The first-order chi connectivity index (χ1) is 14.3. The Morgan fingerprint density at radius 1 is 0.900 bits per heavy atom. The van der Waals surface area contributed by atoms with E-state index in [1.54, 1.807) is 48.5 Å². The molecule has 30 heavy (non-hydrogen) atoms. The van der Waals surface area contributed by atoms with Gasteiger partial charge in [0.05, 0.1) is 12.7 Å². The summed E-state index contributed by atoms with van der Waals surface area (Å²) in [6.07, 6.45) is 1.69. The molecule has 0 aromatic heterocycles. The molecule has 2 N–H and O–H groups in total. The molecule has 0 aliphatic heterocycles. The Hall–Kier alpha value is -3.94. The average molecular weight is 410 g/mol. The van der Waals surface area contributed by atoms with Gasteiger partial charge in [-0.15, -0.1) is 0 Å². The molecule has 156 valence electrons. The number of carbonyl (C=O) groups is 4. The Kier molecular flexibility index (Phi) is 7.87. The number of esters is 2. The third-order valence-electron chi connectivity index (χ3n) is 3.88. The summed E-state index contributed by atoms with van der Waals surface area (Å²) in [4.78, 5) is 46.5. The van der Waals surface area contributed by atoms with Crippen LogP contribution in [0.3, 0.4) is 0 Å². The Morgan fingerprint density at radius 2 is 1.47 bits per heavy atom. The standard InChI is InChI=1S/C22H22N2O6/c1-14(21(27)24-19-11-9-18(10-12-19)23-15(2)25)30-20(26)13-6-16-4-7-17(8-5-16)22(28)29-3/h4-14H,1-3H3,(H,23,25)(H,24,27)/b13-6+/t14-/m1/s1. The lowest BCUT2D eigenvalue weighted by molar-refractivity contribution is -0.148. The molecule has 0 saturated heterocycles. The first-order valence-electron chi connectivity index (χ1n) is 9.04. The molecular formula is C22H22N2O6. The fourth-order valence-corrected chi connectivity index (χ4v) is 2.36. The van der Waals surface area contributed by atoms with Crippen molar-refractivity contribution in [2.24, 2.45) is 0 Å². The van der Waals surface area contributed by atoms with Crippen LogP contribution >= 0.6 is 0 Å². The second-order valence-corrected chi connectivity index (χ2v) is 6.27. The van der Waals surface area contributed by atoms with Crippen molar-refractivity contribution in [3.63, 3.8) is 0 Å². The van der Waals surface area contributed by atoms with E-state index in [1.807, 2.05) is 0 Å². The molecule has 0 spiro atoms. The summed E-state index contributed by atoms with van der Waals surface area (Å²) < 4.78 is 9.71. The zero-order valence-electron chi connectivity index (χ0n) is 16.8. The highest BCUT2D eigenvalue weighted by Gasteiger charge is 2.16. The molecule has 0 heterocycles. The number of rotatable bonds is 7. The maximum atomic E-state index is 12.2. The molecule has 0 unspecified atom stereocenters. The number of benzene rings is 2. The summed E-state index contributed by atoms with van der Waals surface area (Å²) in [5, 5.41) is 5.25. The number of hydrogen-bond donors (Lipinski definition) is 2. The van der Waals surface area contributed by atoms with Crippen LogP contribution in [0.5, 0.6) is 0 Å². The number of hydrogen-bond acceptors (Lipinski definition) is 6. The van der Waals surface area contributed by atoms with E-state index < -0.39 is 23.9 Å². The maximum absolute atomic E-state index is 12.2. The number of amides is 2. The van der Waals surface area contributed by atoms with Gasteiger partial charge in [0, 0.05) is 24.4 Å². The molecule has 2 aromatic rings. The quantitative estimate of drug-likeness (QED) is 0.536. The van der Waals surface area contributed by atoms with Gasteiger partial charge in [0.2, 0.25) is 5.91 Å². The molecule has 8 heteroatoms. The molecule has 0 bridgehead atoms. The molecule has 0 aliphatic rings. The smallest absolute Gasteiger partial charge is 0.337 e. The number of carbonyl (C=O) groups excluding carboxylic acids is 4. The fraction of sp³-hybridized carbons (Fsp3) is 0.182. The monoisotopic (exact) mass is 410 g/mol. The highest BCUT2D eigenvalue weighted by molar-refractivity contribution is 5.97. The van der Waals surface area contributed by atoms with Gasteiger partial charge in [0.25, 0.3) is 5.91 Å². The third kappa shape index (κ3) is 6.90. The third-order valence-corrected chi connectivity index (χ3v) is 3.88. The molecule has 2 rings (SSSR count). The zero-order chi connectivity index (χ0) is 22.1. The van der Waals surface area contributed by atoms with Crippen LogP contribution in [0.1, 0.15) is 29.8 Å². The highest BCUT2D eigenvalue weighted by Crippen LogP contribution is 2.14. The van der Waals surface area contributed by atoms with Crippen LogP contribution in [0.4, 0.5) is 11.4 Å². The van der Waals surface area contributed by atoms with Crippen LogP contribution in [0.25, 0.3) is 6.08 Å². The number of nitrogens with one attached hydrogen (secondary N) is 2. The second kappa shape index (κ2) is 10.6. The minimum atomic E-state index is -1.01. The molecule has 2 amide bonds. The lowest BCUT2D eigenvalue weighted by Gasteiger charge is -2.12.